The van der Waals surface area contributed by atoms with E-state index in [1.807, 2.05) is 0 Å². The summed E-state index contributed by atoms with van der Waals surface area (Å²) < 4.78 is 6.71. The number of aliphatic hydroxyl groups excluding tert-OH is 1. The summed E-state index contributed by atoms with van der Waals surface area (Å²) in [6.07, 6.45) is 13.4. The Morgan fingerprint density at radius 3 is 2.39 bits per heavy atom. The minimum atomic E-state index is -0.450. The van der Waals surface area contributed by atoms with Gasteiger partial charge in [0.1, 0.15) is 5.60 Å². The molecule has 2 bridgehead atoms. The first-order chi connectivity index (χ1) is 15.3. The van der Waals surface area contributed by atoms with Crippen molar-refractivity contribution in [3.05, 3.63) is 12.2 Å². The smallest absolute Gasteiger partial charge is 0.313 e. The predicted octanol–water partition coefficient (Wildman–Crippen LogP) is 6.54. The van der Waals surface area contributed by atoms with Crippen LogP contribution < -0.4 is 0 Å². The highest BCUT2D eigenvalue weighted by molar-refractivity contribution is 5.82. The van der Waals surface area contributed by atoms with Gasteiger partial charge in [0.2, 0.25) is 0 Å². The number of hydrogen-bond acceptors (Lipinski definition) is 3. The maximum Gasteiger partial charge on any atom is 0.313 e. The van der Waals surface area contributed by atoms with Gasteiger partial charge in [0.05, 0.1) is 11.5 Å². The third-order valence-corrected chi connectivity index (χ3v) is 13.8. The van der Waals surface area contributed by atoms with Crippen LogP contribution in [0.2, 0.25) is 0 Å². The maximum absolute atomic E-state index is 13.6. The van der Waals surface area contributed by atoms with Crippen LogP contribution in [0.5, 0.6) is 0 Å². The van der Waals surface area contributed by atoms with Crippen LogP contribution in [-0.2, 0) is 9.53 Å². The number of hydrogen-bond donors (Lipinski definition) is 1. The first-order valence-electron chi connectivity index (χ1n) is 13.9. The second kappa shape index (κ2) is 6.29. The lowest BCUT2D eigenvalue weighted by molar-refractivity contribution is -0.245. The molecule has 0 radical (unpaired) electrons. The summed E-state index contributed by atoms with van der Waals surface area (Å²) in [5.41, 5.74) is -0.514. The van der Waals surface area contributed by atoms with E-state index in [1.165, 1.54) is 6.42 Å². The van der Waals surface area contributed by atoms with Gasteiger partial charge < -0.3 is 9.84 Å². The van der Waals surface area contributed by atoms with Gasteiger partial charge in [0.25, 0.3) is 0 Å². The van der Waals surface area contributed by atoms with Gasteiger partial charge in [0.15, 0.2) is 0 Å². The minimum absolute atomic E-state index is 0.0424. The van der Waals surface area contributed by atoms with Crippen LogP contribution >= 0.6 is 0 Å². The second-order valence-corrected chi connectivity index (χ2v) is 14.8. The Morgan fingerprint density at radius 1 is 0.939 bits per heavy atom. The first-order valence-corrected chi connectivity index (χ1v) is 13.9. The number of esters is 1. The number of carbonyl (C=O) groups excluding carboxylic acids is 1. The van der Waals surface area contributed by atoms with E-state index in [2.05, 4.69) is 60.6 Å². The summed E-state index contributed by atoms with van der Waals surface area (Å²) in [5, 5.41) is 10.9. The number of fused-ring (bicyclic) bond motifs is 4. The summed E-state index contributed by atoms with van der Waals surface area (Å²) in [6.45, 7) is 17.0. The number of aliphatic hydroxyl groups is 1. The fourth-order valence-corrected chi connectivity index (χ4v) is 11.4. The fourth-order valence-electron chi connectivity index (χ4n) is 11.4. The van der Waals surface area contributed by atoms with E-state index in [-0.39, 0.29) is 39.1 Å². The topological polar surface area (TPSA) is 46.5 Å². The van der Waals surface area contributed by atoms with Crippen LogP contribution in [0.25, 0.3) is 0 Å². The van der Waals surface area contributed by atoms with Crippen LogP contribution in [0.3, 0.4) is 0 Å². The summed E-state index contributed by atoms with van der Waals surface area (Å²) >= 11 is 0. The van der Waals surface area contributed by atoms with Gasteiger partial charge in [-0.3, -0.25) is 4.79 Å². The highest BCUT2D eigenvalue weighted by Gasteiger charge is 2.80. The normalized spacial score (nSPS) is 60.8. The Hall–Kier alpha value is -0.830. The molecule has 184 valence electrons. The number of allylic oxidation sites excluding steroid dienone is 1. The van der Waals surface area contributed by atoms with Crippen molar-refractivity contribution in [1.82, 2.24) is 0 Å². The number of rotatable bonds is 0. The van der Waals surface area contributed by atoms with E-state index in [4.69, 9.17) is 4.74 Å². The van der Waals surface area contributed by atoms with Crippen molar-refractivity contribution in [2.75, 3.05) is 0 Å². The molecule has 1 N–H and O–H groups in total. The lowest BCUT2D eigenvalue weighted by Gasteiger charge is -2.72. The molecule has 0 aromatic rings. The van der Waals surface area contributed by atoms with E-state index in [0.717, 1.165) is 44.9 Å². The lowest BCUT2D eigenvalue weighted by Crippen LogP contribution is -2.71. The Bertz CT molecular complexity index is 922. The summed E-state index contributed by atoms with van der Waals surface area (Å²) in [7, 11) is 0. The molecule has 33 heavy (non-hydrogen) atoms. The highest BCUT2D eigenvalue weighted by Crippen LogP contribution is 2.79. The molecule has 3 nitrogen and oxygen atoms in total. The lowest BCUT2D eigenvalue weighted by atomic mass is 9.32. The highest BCUT2D eigenvalue weighted by atomic mass is 16.6. The average molecular weight is 455 g/mol. The van der Waals surface area contributed by atoms with Crippen LogP contribution in [-0.4, -0.2) is 22.8 Å². The van der Waals surface area contributed by atoms with E-state index in [1.54, 1.807) is 0 Å². The summed E-state index contributed by atoms with van der Waals surface area (Å²) in [5.74, 6) is 2.56. The monoisotopic (exact) mass is 454 g/mol. The third-order valence-electron chi connectivity index (χ3n) is 13.8. The molecule has 1 aliphatic heterocycles. The molecule has 11 atom stereocenters. The van der Waals surface area contributed by atoms with Gasteiger partial charge in [-0.2, -0.15) is 0 Å². The van der Waals surface area contributed by atoms with Crippen molar-refractivity contribution in [3.63, 3.8) is 0 Å². The molecule has 0 amide bonds. The molecular weight excluding hydrogens is 408 g/mol. The Labute approximate surface area is 201 Å². The molecule has 1 saturated heterocycles. The molecular formula is C30H46O3. The van der Waals surface area contributed by atoms with Crippen molar-refractivity contribution in [2.24, 2.45) is 56.7 Å². The molecule has 5 unspecified atom stereocenters. The van der Waals surface area contributed by atoms with Gasteiger partial charge in [-0.25, -0.2) is 0 Å². The zero-order valence-electron chi connectivity index (χ0n) is 22.0. The standard InChI is InChI=1S/C30H46O3/c1-18-8-14-29-17-16-28(7)27(6)13-9-20-25(3,4)22(31)11-12-26(20,5)21(27)10-15-30(28,33-24(29)32)23(29)19(18)2/h10,15,18-23,31H,8-9,11-14,16-17H2,1-7H3/t18-,19?,20?,21?,22+,23?,26+,27-,28?,29+,30+/m1/s1. The largest absolute Gasteiger partial charge is 0.453 e. The van der Waals surface area contributed by atoms with Crippen LogP contribution in [0.4, 0.5) is 0 Å². The number of ether oxygens (including phenoxy) is 1. The van der Waals surface area contributed by atoms with Gasteiger partial charge in [-0.1, -0.05) is 54.5 Å². The number of carbonyl (C=O) groups is 1. The van der Waals surface area contributed by atoms with Gasteiger partial charge in [-0.15, -0.1) is 0 Å². The molecule has 6 rings (SSSR count). The Kier molecular flexibility index (Phi) is 4.31. The second-order valence-electron chi connectivity index (χ2n) is 14.8. The minimum Gasteiger partial charge on any atom is -0.453 e. The van der Waals surface area contributed by atoms with Gasteiger partial charge in [0, 0.05) is 11.3 Å². The Morgan fingerprint density at radius 2 is 1.67 bits per heavy atom. The predicted molar refractivity (Wildman–Crippen MR) is 130 cm³/mol. The van der Waals surface area contributed by atoms with Crippen LogP contribution in [0, 0.1) is 56.7 Å². The molecule has 5 aliphatic carbocycles. The molecule has 1 spiro atoms. The fraction of sp³-hybridized carbons (Fsp3) is 0.900. The molecule has 0 aromatic heterocycles. The van der Waals surface area contributed by atoms with Crippen molar-refractivity contribution in [1.29, 1.82) is 0 Å². The van der Waals surface area contributed by atoms with Crippen molar-refractivity contribution < 1.29 is 14.6 Å². The SMILES string of the molecule is CC1C2[C@]3(CC[C@H]1C)CCC1(C)[C@@]2(C=CC2[C@@]4(C)CC[C@H](O)C(C)(C)C4CC[C@]21C)OC3=O. The van der Waals surface area contributed by atoms with E-state index in [9.17, 15) is 9.90 Å². The maximum atomic E-state index is 13.6. The molecule has 6 aliphatic rings. The molecule has 3 heteroatoms. The average Bonchev–Trinajstić information content (AvgIpc) is 2.95. The summed E-state index contributed by atoms with van der Waals surface area (Å²) in [4.78, 5) is 13.6. The molecule has 1 heterocycles. The first kappa shape index (κ1) is 22.6. The van der Waals surface area contributed by atoms with E-state index < -0.39 is 5.60 Å². The summed E-state index contributed by atoms with van der Waals surface area (Å²) in [6, 6.07) is 0. The van der Waals surface area contributed by atoms with Crippen molar-refractivity contribution >= 4 is 5.97 Å². The third kappa shape index (κ3) is 2.23. The van der Waals surface area contributed by atoms with Crippen molar-refractivity contribution in [3.8, 4) is 0 Å². The van der Waals surface area contributed by atoms with Gasteiger partial charge in [-0.05, 0) is 97.4 Å². The molecule has 4 saturated carbocycles. The molecule has 5 fully saturated rings. The zero-order valence-corrected chi connectivity index (χ0v) is 22.0. The van der Waals surface area contributed by atoms with Crippen LogP contribution in [0.1, 0.15) is 99.8 Å². The van der Waals surface area contributed by atoms with Gasteiger partial charge >= 0.3 is 5.97 Å². The van der Waals surface area contributed by atoms with Crippen LogP contribution in [0.15, 0.2) is 12.2 Å². The van der Waals surface area contributed by atoms with Crippen molar-refractivity contribution in [2.45, 2.75) is 112 Å². The van der Waals surface area contributed by atoms with E-state index >= 15 is 0 Å². The molecule has 0 aromatic carbocycles. The Balaban J connectivity index is 1.52. The zero-order chi connectivity index (χ0) is 23.8. The van der Waals surface area contributed by atoms with E-state index in [0.29, 0.717) is 29.6 Å². The quantitative estimate of drug-likeness (QED) is 0.334.